The van der Waals surface area contributed by atoms with Gasteiger partial charge in [-0.25, -0.2) is 4.98 Å². The molecule has 1 saturated heterocycles. The van der Waals surface area contributed by atoms with Gasteiger partial charge in [0.25, 0.3) is 5.91 Å². The van der Waals surface area contributed by atoms with E-state index in [2.05, 4.69) is 41.2 Å². The Morgan fingerprint density at radius 3 is 2.67 bits per heavy atom. The first-order valence-electron chi connectivity index (χ1n) is 9.19. The highest BCUT2D eigenvalue weighted by molar-refractivity contribution is 7.13. The largest absolute Gasteiger partial charge is 0.335 e. The second kappa shape index (κ2) is 7.62. The lowest BCUT2D eigenvalue weighted by Crippen LogP contribution is -2.49. The van der Waals surface area contributed by atoms with Gasteiger partial charge in [-0.1, -0.05) is 42.5 Å². The van der Waals surface area contributed by atoms with E-state index >= 15 is 0 Å². The van der Waals surface area contributed by atoms with E-state index < -0.39 is 0 Å². The number of thiazole rings is 1. The number of carbonyl (C=O) groups is 1. The number of aryl methyl sites for hydroxylation is 1. The summed E-state index contributed by atoms with van der Waals surface area (Å²) in [6.45, 7) is 4.32. The van der Waals surface area contributed by atoms with Crippen LogP contribution in [-0.4, -0.2) is 47.4 Å². The summed E-state index contributed by atoms with van der Waals surface area (Å²) in [7, 11) is 2.13. The topological polar surface area (TPSA) is 36.4 Å². The molecule has 1 amide bonds. The Balaban J connectivity index is 1.56. The molecule has 1 unspecified atom stereocenters. The van der Waals surface area contributed by atoms with Crippen LogP contribution in [0.2, 0.25) is 0 Å². The predicted molar refractivity (Wildman–Crippen MR) is 110 cm³/mol. The maximum atomic E-state index is 13.2. The fourth-order valence-corrected chi connectivity index (χ4v) is 4.34. The molecule has 0 bridgehead atoms. The molecule has 1 aliphatic heterocycles. The lowest BCUT2D eigenvalue weighted by atomic mass is 10.0. The van der Waals surface area contributed by atoms with Crippen LogP contribution < -0.4 is 0 Å². The van der Waals surface area contributed by atoms with Crippen LogP contribution >= 0.6 is 11.3 Å². The quantitative estimate of drug-likeness (QED) is 0.685. The van der Waals surface area contributed by atoms with Crippen LogP contribution in [0.25, 0.3) is 10.6 Å². The van der Waals surface area contributed by atoms with Crippen molar-refractivity contribution in [1.82, 2.24) is 14.8 Å². The van der Waals surface area contributed by atoms with Crippen molar-refractivity contribution < 1.29 is 4.79 Å². The minimum Gasteiger partial charge on any atom is -0.335 e. The zero-order chi connectivity index (χ0) is 18.8. The van der Waals surface area contributed by atoms with Crippen LogP contribution in [0.3, 0.4) is 0 Å². The summed E-state index contributed by atoms with van der Waals surface area (Å²) in [4.78, 5) is 22.0. The number of rotatable bonds is 3. The maximum Gasteiger partial charge on any atom is 0.253 e. The predicted octanol–water partition coefficient (Wildman–Crippen LogP) is 4.25. The molecule has 5 heteroatoms. The highest BCUT2D eigenvalue weighted by Gasteiger charge is 2.29. The van der Waals surface area contributed by atoms with Gasteiger partial charge in [-0.05, 0) is 31.7 Å². The van der Waals surface area contributed by atoms with Crippen molar-refractivity contribution in [2.45, 2.75) is 13.0 Å². The van der Waals surface area contributed by atoms with Crippen molar-refractivity contribution in [2.24, 2.45) is 0 Å². The van der Waals surface area contributed by atoms with Gasteiger partial charge < -0.3 is 4.90 Å². The molecule has 1 aromatic heterocycles. The smallest absolute Gasteiger partial charge is 0.253 e. The van der Waals surface area contributed by atoms with Crippen LogP contribution in [0.5, 0.6) is 0 Å². The summed E-state index contributed by atoms with van der Waals surface area (Å²) in [6.07, 6.45) is 0. The van der Waals surface area contributed by atoms with E-state index in [0.29, 0.717) is 6.54 Å². The van der Waals surface area contributed by atoms with Gasteiger partial charge in [-0.15, -0.1) is 11.3 Å². The second-order valence-electron chi connectivity index (χ2n) is 7.03. The van der Waals surface area contributed by atoms with Gasteiger partial charge in [-0.2, -0.15) is 0 Å². The van der Waals surface area contributed by atoms with Gasteiger partial charge in [0.15, 0.2) is 0 Å². The molecule has 1 atom stereocenters. The first-order valence-corrected chi connectivity index (χ1v) is 10.1. The van der Waals surface area contributed by atoms with Crippen molar-refractivity contribution >= 4 is 17.2 Å². The Morgan fingerprint density at radius 1 is 1.11 bits per heavy atom. The van der Waals surface area contributed by atoms with E-state index in [1.165, 1.54) is 5.56 Å². The number of carbonyl (C=O) groups excluding carboxylic acids is 1. The number of hydrogen-bond donors (Lipinski definition) is 0. The highest BCUT2D eigenvalue weighted by atomic mass is 32.1. The lowest BCUT2D eigenvalue weighted by molar-refractivity contribution is 0.0546. The van der Waals surface area contributed by atoms with Crippen molar-refractivity contribution in [3.8, 4) is 10.6 Å². The van der Waals surface area contributed by atoms with E-state index in [4.69, 9.17) is 0 Å². The average molecular weight is 378 g/mol. The number of likely N-dealkylation sites (N-methyl/N-ethyl adjacent to an activating group) is 1. The molecular weight excluding hydrogens is 354 g/mol. The second-order valence-corrected chi connectivity index (χ2v) is 7.89. The first kappa shape index (κ1) is 17.9. The van der Waals surface area contributed by atoms with E-state index in [1.54, 1.807) is 11.3 Å². The van der Waals surface area contributed by atoms with Crippen LogP contribution in [0.1, 0.15) is 27.7 Å². The third-order valence-electron chi connectivity index (χ3n) is 5.10. The van der Waals surface area contributed by atoms with Crippen molar-refractivity contribution in [2.75, 3.05) is 26.7 Å². The van der Waals surface area contributed by atoms with Gasteiger partial charge in [0.05, 0.1) is 6.04 Å². The van der Waals surface area contributed by atoms with E-state index in [0.717, 1.165) is 34.9 Å². The molecular formula is C22H23N3OS. The number of hydrogen-bond acceptors (Lipinski definition) is 4. The molecule has 0 radical (unpaired) electrons. The Bertz CT molecular complexity index is 937. The molecule has 1 aliphatic rings. The Kier molecular flexibility index (Phi) is 5.05. The molecule has 0 N–H and O–H groups in total. The summed E-state index contributed by atoms with van der Waals surface area (Å²) >= 11 is 1.61. The number of benzene rings is 2. The van der Waals surface area contributed by atoms with Gasteiger partial charge >= 0.3 is 0 Å². The van der Waals surface area contributed by atoms with Crippen LogP contribution in [0, 0.1) is 6.92 Å². The molecule has 4 rings (SSSR count). The number of aromatic nitrogens is 1. The van der Waals surface area contributed by atoms with Crippen LogP contribution in [-0.2, 0) is 0 Å². The van der Waals surface area contributed by atoms with E-state index in [-0.39, 0.29) is 11.9 Å². The minimum atomic E-state index is 0.0964. The van der Waals surface area contributed by atoms with Crippen molar-refractivity contribution in [1.29, 1.82) is 0 Å². The third-order valence-corrected chi connectivity index (χ3v) is 6.10. The van der Waals surface area contributed by atoms with E-state index in [9.17, 15) is 4.79 Å². The van der Waals surface area contributed by atoms with Crippen molar-refractivity contribution in [3.63, 3.8) is 0 Å². The van der Waals surface area contributed by atoms with Gasteiger partial charge in [0.2, 0.25) is 0 Å². The Morgan fingerprint density at radius 2 is 1.93 bits per heavy atom. The summed E-state index contributed by atoms with van der Waals surface area (Å²) in [5.74, 6) is 0.0964. The van der Waals surface area contributed by atoms with Gasteiger partial charge in [0, 0.05) is 41.8 Å². The highest BCUT2D eigenvalue weighted by Crippen LogP contribution is 2.27. The zero-order valence-corrected chi connectivity index (χ0v) is 16.4. The Hall–Kier alpha value is -2.50. The molecule has 2 aromatic carbocycles. The van der Waals surface area contributed by atoms with Gasteiger partial charge in [0.1, 0.15) is 5.01 Å². The summed E-state index contributed by atoms with van der Waals surface area (Å²) < 4.78 is 0. The van der Waals surface area contributed by atoms with Crippen molar-refractivity contribution in [3.05, 3.63) is 76.8 Å². The average Bonchev–Trinajstić information content (AvgIpc) is 3.15. The molecule has 27 heavy (non-hydrogen) atoms. The van der Waals surface area contributed by atoms with Crippen LogP contribution in [0.4, 0.5) is 0 Å². The number of piperazine rings is 1. The first-order chi connectivity index (χ1) is 13.1. The molecule has 1 fully saturated rings. The number of nitrogens with zero attached hydrogens (tertiary/aromatic N) is 3. The normalized spacial score (nSPS) is 17.9. The zero-order valence-electron chi connectivity index (χ0n) is 15.6. The molecule has 4 nitrogen and oxygen atoms in total. The summed E-state index contributed by atoms with van der Waals surface area (Å²) in [5, 5.41) is 3.00. The molecule has 138 valence electrons. The lowest BCUT2D eigenvalue weighted by Gasteiger charge is -2.39. The fourth-order valence-electron chi connectivity index (χ4n) is 3.55. The molecule has 0 aliphatic carbocycles. The SMILES string of the molecule is Cc1csc(-c2cccc(C(=O)N3CCN(C)C(c4ccccc4)C3)c2)n1. The van der Waals surface area contributed by atoms with E-state index in [1.807, 2.05) is 47.5 Å². The molecule has 0 spiro atoms. The Labute approximate surface area is 164 Å². The summed E-state index contributed by atoms with van der Waals surface area (Å²) in [5.41, 5.74) is 4.01. The molecule has 2 heterocycles. The monoisotopic (exact) mass is 377 g/mol. The summed E-state index contributed by atoms with van der Waals surface area (Å²) in [6, 6.07) is 18.5. The minimum absolute atomic E-state index is 0.0964. The fraction of sp³-hybridized carbons (Fsp3) is 0.273. The molecule has 3 aromatic rings. The van der Waals surface area contributed by atoms with Crippen LogP contribution in [0.15, 0.2) is 60.0 Å². The number of amides is 1. The third kappa shape index (κ3) is 3.80. The standard InChI is InChI=1S/C22H23N3OS/c1-16-15-27-21(23-16)18-9-6-10-19(13-18)22(26)25-12-11-24(2)20(14-25)17-7-4-3-5-8-17/h3-10,13,15,20H,11-12,14H2,1-2H3. The molecule has 0 saturated carbocycles. The maximum absolute atomic E-state index is 13.2. The van der Waals surface area contributed by atoms with Gasteiger partial charge in [-0.3, -0.25) is 9.69 Å².